The van der Waals surface area contributed by atoms with Gasteiger partial charge in [-0.1, -0.05) is 0 Å². The van der Waals surface area contributed by atoms with Gasteiger partial charge < -0.3 is 15.0 Å². The van der Waals surface area contributed by atoms with Gasteiger partial charge in [0, 0.05) is 19.6 Å². The van der Waals surface area contributed by atoms with Crippen LogP contribution in [0.25, 0.3) is 0 Å². The lowest BCUT2D eigenvalue weighted by Crippen LogP contribution is -2.54. The number of carbonyl (C=O) groups excluding carboxylic acids is 1. The number of piperazine rings is 1. The Morgan fingerprint density at radius 2 is 2.24 bits per heavy atom. The lowest BCUT2D eigenvalue weighted by atomic mass is 10.1. The molecular weight excluding hydrogens is 242 g/mol. The molecule has 0 aromatic rings. The maximum atomic E-state index is 11.9. The summed E-state index contributed by atoms with van der Waals surface area (Å²) in [5, 5.41) is 11.9. The smallest absolute Gasteiger partial charge is 0.410 e. The number of nitrogens with one attached hydrogen (secondary N) is 1. The van der Waals surface area contributed by atoms with E-state index < -0.39 is 5.60 Å². The van der Waals surface area contributed by atoms with Gasteiger partial charge in [0.05, 0.1) is 18.5 Å². The summed E-state index contributed by atoms with van der Waals surface area (Å²) in [5.74, 6) is 0. The monoisotopic (exact) mass is 261 g/mol. The number of hydrogen-bond acceptors (Lipinski definition) is 4. The molecule has 0 unspecified atom stereocenters. The average Bonchev–Trinajstić information content (AvgIpc) is 2.16. The first-order valence-corrected chi connectivity index (χ1v) is 5.51. The molecule has 0 bridgehead atoms. The molecule has 0 saturated carbocycles. The summed E-state index contributed by atoms with van der Waals surface area (Å²) in [5.41, 5.74) is -0.487. The second kappa shape index (κ2) is 6.67. The average molecular weight is 262 g/mol. The van der Waals surface area contributed by atoms with E-state index in [1.54, 1.807) is 4.90 Å². The highest BCUT2D eigenvalue weighted by molar-refractivity contribution is 5.85. The zero-order chi connectivity index (χ0) is 12.2. The fourth-order valence-corrected chi connectivity index (χ4v) is 1.61. The van der Waals surface area contributed by atoms with Gasteiger partial charge in [-0.2, -0.15) is 5.26 Å². The van der Waals surface area contributed by atoms with Crippen molar-refractivity contribution in [3.63, 3.8) is 0 Å². The molecule has 1 fully saturated rings. The summed E-state index contributed by atoms with van der Waals surface area (Å²) in [6.45, 7) is 7.53. The van der Waals surface area contributed by atoms with Crippen LogP contribution in [0.4, 0.5) is 4.79 Å². The van der Waals surface area contributed by atoms with Crippen molar-refractivity contribution in [2.45, 2.75) is 38.8 Å². The molecule has 1 aliphatic heterocycles. The van der Waals surface area contributed by atoms with E-state index in [1.165, 1.54) is 0 Å². The van der Waals surface area contributed by atoms with Gasteiger partial charge in [-0.15, -0.1) is 12.4 Å². The molecular formula is C11H20ClN3O2. The summed E-state index contributed by atoms with van der Waals surface area (Å²) in [6, 6.07) is 2.02. The Balaban J connectivity index is 0.00000256. The Hall–Kier alpha value is -0.990. The minimum atomic E-state index is -0.487. The van der Waals surface area contributed by atoms with E-state index in [-0.39, 0.29) is 24.5 Å². The molecule has 1 aliphatic rings. The summed E-state index contributed by atoms with van der Waals surface area (Å²) < 4.78 is 5.30. The fourth-order valence-electron chi connectivity index (χ4n) is 1.61. The molecule has 1 rings (SSSR count). The van der Waals surface area contributed by atoms with Crippen molar-refractivity contribution in [3.8, 4) is 6.07 Å². The highest BCUT2D eigenvalue weighted by Gasteiger charge is 2.29. The predicted molar refractivity (Wildman–Crippen MR) is 67.1 cm³/mol. The number of nitriles is 1. The number of nitrogens with zero attached hydrogens (tertiary/aromatic N) is 2. The van der Waals surface area contributed by atoms with Crippen LogP contribution in [-0.2, 0) is 4.74 Å². The SMILES string of the molecule is CC(C)(C)OC(=O)N1CCNC[C@@H]1CC#N.Cl. The van der Waals surface area contributed by atoms with Crippen LogP contribution in [0.5, 0.6) is 0 Å². The highest BCUT2D eigenvalue weighted by atomic mass is 35.5. The minimum absolute atomic E-state index is 0. The largest absolute Gasteiger partial charge is 0.444 e. The van der Waals surface area contributed by atoms with Crippen molar-refractivity contribution < 1.29 is 9.53 Å². The standard InChI is InChI=1S/C11H19N3O2.ClH/c1-11(2,3)16-10(15)14-7-6-13-8-9(14)4-5-12;/h9,13H,4,6-8H2,1-3H3;1H/t9-;/m0./s1. The number of halogens is 1. The number of rotatable bonds is 1. The fraction of sp³-hybridized carbons (Fsp3) is 0.818. The van der Waals surface area contributed by atoms with Crippen LogP contribution < -0.4 is 5.32 Å². The molecule has 98 valence electrons. The van der Waals surface area contributed by atoms with Crippen molar-refractivity contribution in [1.29, 1.82) is 5.26 Å². The molecule has 1 saturated heterocycles. The first kappa shape index (κ1) is 16.0. The highest BCUT2D eigenvalue weighted by Crippen LogP contribution is 2.14. The molecule has 1 atom stereocenters. The Kier molecular flexibility index (Phi) is 6.29. The molecule has 1 heterocycles. The Labute approximate surface area is 109 Å². The van der Waals surface area contributed by atoms with Gasteiger partial charge in [-0.25, -0.2) is 4.79 Å². The summed E-state index contributed by atoms with van der Waals surface area (Å²) in [7, 11) is 0. The second-order valence-electron chi connectivity index (χ2n) is 4.89. The van der Waals surface area contributed by atoms with Gasteiger partial charge in [0.15, 0.2) is 0 Å². The normalized spacial score (nSPS) is 20.1. The van der Waals surface area contributed by atoms with E-state index in [4.69, 9.17) is 10.00 Å². The zero-order valence-corrected chi connectivity index (χ0v) is 11.3. The third kappa shape index (κ3) is 5.24. The van der Waals surface area contributed by atoms with Crippen LogP contribution in [-0.4, -0.2) is 42.3 Å². The van der Waals surface area contributed by atoms with E-state index in [1.807, 2.05) is 20.8 Å². The van der Waals surface area contributed by atoms with Gasteiger partial charge >= 0.3 is 6.09 Å². The van der Waals surface area contributed by atoms with E-state index >= 15 is 0 Å². The van der Waals surface area contributed by atoms with Crippen molar-refractivity contribution in [2.75, 3.05) is 19.6 Å². The van der Waals surface area contributed by atoms with Crippen molar-refractivity contribution in [1.82, 2.24) is 10.2 Å². The first-order valence-electron chi connectivity index (χ1n) is 5.51. The number of amides is 1. The summed E-state index contributed by atoms with van der Waals surface area (Å²) >= 11 is 0. The maximum Gasteiger partial charge on any atom is 0.410 e. The lowest BCUT2D eigenvalue weighted by Gasteiger charge is -2.36. The molecule has 0 aromatic heterocycles. The quantitative estimate of drug-likeness (QED) is 0.777. The molecule has 5 nitrogen and oxygen atoms in total. The topological polar surface area (TPSA) is 65.4 Å². The van der Waals surface area contributed by atoms with Crippen molar-refractivity contribution in [3.05, 3.63) is 0 Å². The van der Waals surface area contributed by atoms with Gasteiger partial charge in [0.1, 0.15) is 5.60 Å². The third-order valence-electron chi connectivity index (χ3n) is 2.31. The van der Waals surface area contributed by atoms with Crippen molar-refractivity contribution >= 4 is 18.5 Å². The molecule has 0 spiro atoms. The predicted octanol–water partition coefficient (Wildman–Crippen LogP) is 1.53. The molecule has 0 aromatic carbocycles. The first-order chi connectivity index (χ1) is 7.44. The molecule has 6 heteroatoms. The van der Waals surface area contributed by atoms with Gasteiger partial charge in [-0.05, 0) is 20.8 Å². The van der Waals surface area contributed by atoms with E-state index in [2.05, 4.69) is 11.4 Å². The van der Waals surface area contributed by atoms with Crippen LogP contribution in [0.1, 0.15) is 27.2 Å². The van der Waals surface area contributed by atoms with Crippen LogP contribution in [0.2, 0.25) is 0 Å². The maximum absolute atomic E-state index is 11.9. The van der Waals surface area contributed by atoms with E-state index in [0.29, 0.717) is 19.5 Å². The number of carbonyl (C=O) groups is 1. The number of hydrogen-bond donors (Lipinski definition) is 1. The van der Waals surface area contributed by atoms with Crippen LogP contribution in [0, 0.1) is 11.3 Å². The van der Waals surface area contributed by atoms with Gasteiger partial charge in [0.2, 0.25) is 0 Å². The van der Waals surface area contributed by atoms with E-state index in [9.17, 15) is 4.79 Å². The third-order valence-corrected chi connectivity index (χ3v) is 2.31. The van der Waals surface area contributed by atoms with Crippen LogP contribution in [0.15, 0.2) is 0 Å². The summed E-state index contributed by atoms with van der Waals surface area (Å²) in [4.78, 5) is 13.5. The molecule has 1 N–H and O–H groups in total. The Morgan fingerprint density at radius 3 is 2.76 bits per heavy atom. The summed E-state index contributed by atoms with van der Waals surface area (Å²) in [6.07, 6.45) is 0.0148. The zero-order valence-electron chi connectivity index (χ0n) is 10.5. The number of ether oxygens (including phenoxy) is 1. The molecule has 1 amide bonds. The Bertz CT molecular complexity index is 296. The van der Waals surface area contributed by atoms with Gasteiger partial charge in [0.25, 0.3) is 0 Å². The molecule has 17 heavy (non-hydrogen) atoms. The Morgan fingerprint density at radius 1 is 1.59 bits per heavy atom. The molecule has 0 radical (unpaired) electrons. The molecule has 0 aliphatic carbocycles. The van der Waals surface area contributed by atoms with Gasteiger partial charge in [-0.3, -0.25) is 0 Å². The minimum Gasteiger partial charge on any atom is -0.444 e. The van der Waals surface area contributed by atoms with Crippen molar-refractivity contribution in [2.24, 2.45) is 0 Å². The second-order valence-corrected chi connectivity index (χ2v) is 4.89. The lowest BCUT2D eigenvalue weighted by molar-refractivity contribution is 0.0126. The van der Waals surface area contributed by atoms with E-state index in [0.717, 1.165) is 6.54 Å². The van der Waals surface area contributed by atoms with Crippen LogP contribution >= 0.6 is 12.4 Å². The van der Waals surface area contributed by atoms with Crippen LogP contribution in [0.3, 0.4) is 0 Å².